The number of aromatic nitrogens is 3. The number of nitrogens with one attached hydrogen (secondary N) is 2. The molecule has 5 aromatic rings. The van der Waals surface area contributed by atoms with Crippen LogP contribution >= 0.6 is 11.3 Å². The molecule has 1 aliphatic rings. The molecule has 3 aromatic heterocycles. The Bertz CT molecular complexity index is 1640. The minimum absolute atomic E-state index is 0.194. The summed E-state index contributed by atoms with van der Waals surface area (Å²) in [6.45, 7) is 11.1. The van der Waals surface area contributed by atoms with Crippen LogP contribution in [0.2, 0.25) is 0 Å². The number of nitrogens with zero attached hydrogens (tertiary/aromatic N) is 4. The van der Waals surface area contributed by atoms with Crippen molar-refractivity contribution in [2.24, 2.45) is 0 Å². The van der Waals surface area contributed by atoms with E-state index in [-0.39, 0.29) is 5.41 Å². The first-order chi connectivity index (χ1) is 19.3. The number of morpholine rings is 1. The molecule has 6 rings (SSSR count). The van der Waals surface area contributed by atoms with Gasteiger partial charge in [0.1, 0.15) is 18.1 Å². The highest BCUT2D eigenvalue weighted by atomic mass is 32.1. The van der Waals surface area contributed by atoms with Crippen molar-refractivity contribution in [1.82, 2.24) is 19.4 Å². The van der Waals surface area contributed by atoms with Gasteiger partial charge < -0.3 is 19.3 Å². The maximum absolute atomic E-state index is 12.6. The van der Waals surface area contributed by atoms with Gasteiger partial charge in [0.05, 0.1) is 29.1 Å². The largest absolute Gasteiger partial charge is 0.492 e. The fourth-order valence-electron chi connectivity index (χ4n) is 4.55. The Balaban J connectivity index is 1.12. The number of thiazole rings is 1. The van der Waals surface area contributed by atoms with Crippen LogP contribution in [0.25, 0.3) is 26.4 Å². The molecule has 0 saturated carbocycles. The van der Waals surface area contributed by atoms with Crippen molar-refractivity contribution in [2.75, 3.05) is 50.1 Å². The van der Waals surface area contributed by atoms with E-state index in [1.54, 1.807) is 17.4 Å². The molecule has 4 heterocycles. The van der Waals surface area contributed by atoms with E-state index in [1.807, 2.05) is 57.3 Å². The molecule has 2 N–H and O–H groups in total. The summed E-state index contributed by atoms with van der Waals surface area (Å²) in [5, 5.41) is 9.53. The Labute approximate surface area is 235 Å². The van der Waals surface area contributed by atoms with E-state index < -0.39 is 6.03 Å². The molecule has 0 spiro atoms. The van der Waals surface area contributed by atoms with Gasteiger partial charge in [-0.25, -0.2) is 9.78 Å². The SMILES string of the molecule is CC(C)(C)c1cc(NC(=O)Nc2cccc(-c3cn4c(n3)sc3cc(OCCN5CCOCC5)ccc34)c2)no1. The summed E-state index contributed by atoms with van der Waals surface area (Å²) in [6, 6.07) is 15.1. The van der Waals surface area contributed by atoms with E-state index in [1.165, 1.54) is 0 Å². The molecule has 1 aliphatic heterocycles. The maximum atomic E-state index is 12.6. The van der Waals surface area contributed by atoms with Gasteiger partial charge in [-0.1, -0.05) is 49.4 Å². The van der Waals surface area contributed by atoms with Gasteiger partial charge in [-0.3, -0.25) is 14.6 Å². The fraction of sp³-hybridized carbons (Fsp3) is 0.345. The Morgan fingerprint density at radius 1 is 1.10 bits per heavy atom. The number of ether oxygens (including phenoxy) is 2. The number of amides is 2. The van der Waals surface area contributed by atoms with Crippen LogP contribution in [0.4, 0.5) is 16.3 Å². The van der Waals surface area contributed by atoms with Crippen LogP contribution in [0.1, 0.15) is 26.5 Å². The number of anilines is 2. The van der Waals surface area contributed by atoms with Crippen LogP contribution in [-0.2, 0) is 10.2 Å². The first kappa shape index (κ1) is 26.3. The van der Waals surface area contributed by atoms with Gasteiger partial charge in [0.25, 0.3) is 0 Å². The van der Waals surface area contributed by atoms with E-state index in [2.05, 4.69) is 37.2 Å². The molecule has 208 valence electrons. The van der Waals surface area contributed by atoms with E-state index in [4.69, 9.17) is 19.0 Å². The maximum Gasteiger partial charge on any atom is 0.324 e. The minimum Gasteiger partial charge on any atom is -0.492 e. The van der Waals surface area contributed by atoms with Gasteiger partial charge in [-0.05, 0) is 30.3 Å². The zero-order valence-corrected chi connectivity index (χ0v) is 23.6. The van der Waals surface area contributed by atoms with Crippen molar-refractivity contribution >= 4 is 44.1 Å². The number of rotatable bonds is 7. The van der Waals surface area contributed by atoms with E-state index in [0.717, 1.165) is 65.0 Å². The van der Waals surface area contributed by atoms with Gasteiger partial charge >= 0.3 is 6.03 Å². The molecule has 0 atom stereocenters. The van der Waals surface area contributed by atoms with Crippen LogP contribution < -0.4 is 15.4 Å². The molecule has 10 nitrogen and oxygen atoms in total. The second-order valence-corrected chi connectivity index (χ2v) is 11.8. The van der Waals surface area contributed by atoms with Gasteiger partial charge in [-0.15, -0.1) is 0 Å². The number of hydrogen-bond acceptors (Lipinski definition) is 8. The molecular weight excluding hydrogens is 528 g/mol. The summed E-state index contributed by atoms with van der Waals surface area (Å²) in [4.78, 5) is 20.7. The molecular formula is C29H32N6O4S. The van der Waals surface area contributed by atoms with Crippen LogP contribution in [0.15, 0.2) is 59.3 Å². The van der Waals surface area contributed by atoms with Gasteiger partial charge in [0.2, 0.25) is 0 Å². The number of carbonyl (C=O) groups is 1. The first-order valence-corrected chi connectivity index (χ1v) is 14.1. The van der Waals surface area contributed by atoms with E-state index in [0.29, 0.717) is 23.9 Å². The summed E-state index contributed by atoms with van der Waals surface area (Å²) in [6.07, 6.45) is 2.02. The van der Waals surface area contributed by atoms with E-state index in [9.17, 15) is 4.79 Å². The monoisotopic (exact) mass is 560 g/mol. The third-order valence-electron chi connectivity index (χ3n) is 6.75. The van der Waals surface area contributed by atoms with Gasteiger partial charge in [-0.2, -0.15) is 0 Å². The van der Waals surface area contributed by atoms with Crippen LogP contribution in [-0.4, -0.2) is 64.9 Å². The molecule has 0 aliphatic carbocycles. The Morgan fingerprint density at radius 3 is 2.75 bits per heavy atom. The van der Waals surface area contributed by atoms with Crippen molar-refractivity contribution in [2.45, 2.75) is 26.2 Å². The highest BCUT2D eigenvalue weighted by molar-refractivity contribution is 7.23. The number of hydrogen-bond donors (Lipinski definition) is 2. The molecule has 0 bridgehead atoms. The summed E-state index contributed by atoms with van der Waals surface area (Å²) in [5.74, 6) is 1.93. The number of carbonyl (C=O) groups excluding carboxylic acids is 1. The Kier molecular flexibility index (Phi) is 7.18. The van der Waals surface area contributed by atoms with Crippen LogP contribution in [0.5, 0.6) is 5.75 Å². The number of urea groups is 1. The first-order valence-electron chi connectivity index (χ1n) is 13.3. The molecule has 1 saturated heterocycles. The predicted octanol–water partition coefficient (Wildman–Crippen LogP) is 5.86. The highest BCUT2D eigenvalue weighted by Gasteiger charge is 2.20. The zero-order chi connectivity index (χ0) is 27.7. The summed E-state index contributed by atoms with van der Waals surface area (Å²) >= 11 is 1.62. The standard InChI is InChI=1S/C29H32N6O4S/c1-29(2,3)25-17-26(33-39-25)32-27(36)30-20-6-4-5-19(15-20)22-18-35-23-8-7-21(16-24(23)40-28(35)31-22)38-14-11-34-9-12-37-13-10-34/h4-8,15-18H,9-14H2,1-3H3,(H2,30,32,33,36). The number of benzene rings is 2. The summed E-state index contributed by atoms with van der Waals surface area (Å²) < 4.78 is 20.0. The van der Waals surface area contributed by atoms with E-state index >= 15 is 0 Å². The lowest BCUT2D eigenvalue weighted by molar-refractivity contribution is 0.0322. The molecule has 1 fully saturated rings. The Hall–Kier alpha value is -3.93. The van der Waals surface area contributed by atoms with Crippen LogP contribution in [0.3, 0.4) is 0 Å². The normalized spacial score (nSPS) is 14.6. The van der Waals surface area contributed by atoms with Crippen molar-refractivity contribution in [1.29, 1.82) is 0 Å². The molecule has 2 amide bonds. The van der Waals surface area contributed by atoms with Crippen molar-refractivity contribution in [3.63, 3.8) is 0 Å². The highest BCUT2D eigenvalue weighted by Crippen LogP contribution is 2.32. The zero-order valence-electron chi connectivity index (χ0n) is 22.8. The van der Waals surface area contributed by atoms with Crippen molar-refractivity contribution < 1.29 is 18.8 Å². The Morgan fingerprint density at radius 2 is 1.95 bits per heavy atom. The van der Waals surface area contributed by atoms with Gasteiger partial charge in [0, 0.05) is 48.6 Å². The quantitative estimate of drug-likeness (QED) is 0.257. The second kappa shape index (κ2) is 10.9. The predicted molar refractivity (Wildman–Crippen MR) is 157 cm³/mol. The average molecular weight is 561 g/mol. The smallest absolute Gasteiger partial charge is 0.324 e. The average Bonchev–Trinajstić information content (AvgIpc) is 3.64. The van der Waals surface area contributed by atoms with Gasteiger partial charge in [0.15, 0.2) is 10.8 Å². The summed E-state index contributed by atoms with van der Waals surface area (Å²) in [5.41, 5.74) is 3.26. The molecule has 0 radical (unpaired) electrons. The van der Waals surface area contributed by atoms with Crippen molar-refractivity contribution in [3.05, 3.63) is 60.5 Å². The number of fused-ring (bicyclic) bond motifs is 3. The lowest BCUT2D eigenvalue weighted by atomic mass is 9.93. The molecule has 0 unspecified atom stereocenters. The van der Waals surface area contributed by atoms with Crippen LogP contribution in [0, 0.1) is 0 Å². The lowest BCUT2D eigenvalue weighted by Crippen LogP contribution is -2.38. The minimum atomic E-state index is -0.398. The molecule has 40 heavy (non-hydrogen) atoms. The third kappa shape index (κ3) is 5.81. The summed E-state index contributed by atoms with van der Waals surface area (Å²) in [7, 11) is 0. The van der Waals surface area contributed by atoms with Crippen molar-refractivity contribution in [3.8, 4) is 17.0 Å². The second-order valence-electron chi connectivity index (χ2n) is 10.8. The molecule has 2 aromatic carbocycles. The lowest BCUT2D eigenvalue weighted by Gasteiger charge is -2.26. The number of imidazole rings is 1. The fourth-order valence-corrected chi connectivity index (χ4v) is 5.59. The molecule has 11 heteroatoms. The third-order valence-corrected chi connectivity index (χ3v) is 7.77. The topological polar surface area (TPSA) is 106 Å².